The zero-order valence-corrected chi connectivity index (χ0v) is 7.14. The molecule has 0 saturated carbocycles. The molecule has 0 aliphatic carbocycles. The molecule has 0 saturated heterocycles. The van der Waals surface area contributed by atoms with Crippen LogP contribution < -0.4 is 0 Å². The molecule has 0 fully saturated rings. The lowest BCUT2D eigenvalue weighted by Crippen LogP contribution is -2.01. The van der Waals surface area contributed by atoms with Gasteiger partial charge in [-0.1, -0.05) is 12.1 Å². The second kappa shape index (κ2) is 2.42. The first-order valence-electron chi connectivity index (χ1n) is 4.43. The third kappa shape index (κ3) is 0.900. The van der Waals surface area contributed by atoms with E-state index in [4.69, 9.17) is 0 Å². The standard InChI is InChI=1S/C10H9N3/c1-2-5-9-8(4-1)12-10-11-6-3-7-13(9)10/h1-2,4-6H,3,7H2. The minimum atomic E-state index is 0.840. The molecule has 13 heavy (non-hydrogen) atoms. The summed E-state index contributed by atoms with van der Waals surface area (Å²) in [6.07, 6.45) is 2.94. The molecule has 0 radical (unpaired) electrons. The Kier molecular flexibility index (Phi) is 1.27. The van der Waals surface area contributed by atoms with Crippen LogP contribution in [0.5, 0.6) is 0 Å². The molecular formula is C10H9N3. The van der Waals surface area contributed by atoms with Crippen molar-refractivity contribution in [1.29, 1.82) is 0 Å². The summed E-state index contributed by atoms with van der Waals surface area (Å²) in [6.45, 7) is 0.999. The van der Waals surface area contributed by atoms with Crippen molar-refractivity contribution in [3.8, 4) is 0 Å². The highest BCUT2D eigenvalue weighted by atomic mass is 15.2. The Morgan fingerprint density at radius 3 is 3.15 bits per heavy atom. The van der Waals surface area contributed by atoms with Gasteiger partial charge < -0.3 is 4.57 Å². The molecule has 3 heteroatoms. The molecule has 0 N–H and O–H groups in total. The van der Waals surface area contributed by atoms with Gasteiger partial charge in [0.15, 0.2) is 0 Å². The topological polar surface area (TPSA) is 30.2 Å². The SMILES string of the molecule is C1=Nc2nc3ccccc3n2CC1. The molecule has 2 aromatic rings. The lowest BCUT2D eigenvalue weighted by molar-refractivity contribution is 0.738. The van der Waals surface area contributed by atoms with E-state index in [1.807, 2.05) is 24.4 Å². The number of aryl methyl sites for hydroxylation is 1. The van der Waals surface area contributed by atoms with E-state index >= 15 is 0 Å². The van der Waals surface area contributed by atoms with Gasteiger partial charge in [0.25, 0.3) is 0 Å². The summed E-state index contributed by atoms with van der Waals surface area (Å²) in [4.78, 5) is 8.68. The van der Waals surface area contributed by atoms with Gasteiger partial charge in [-0.3, -0.25) is 0 Å². The van der Waals surface area contributed by atoms with Crippen LogP contribution in [0.15, 0.2) is 29.3 Å². The third-order valence-electron chi connectivity index (χ3n) is 2.32. The zero-order chi connectivity index (χ0) is 8.67. The number of para-hydroxylation sites is 2. The molecule has 0 unspecified atom stereocenters. The summed E-state index contributed by atoms with van der Waals surface area (Å²) in [5.41, 5.74) is 2.23. The monoisotopic (exact) mass is 171 g/mol. The lowest BCUT2D eigenvalue weighted by Gasteiger charge is -2.07. The Balaban J connectivity index is 2.41. The van der Waals surface area contributed by atoms with E-state index in [2.05, 4.69) is 20.6 Å². The average molecular weight is 171 g/mol. The maximum absolute atomic E-state index is 4.42. The fourth-order valence-corrected chi connectivity index (χ4v) is 1.71. The maximum atomic E-state index is 4.42. The van der Waals surface area contributed by atoms with E-state index in [-0.39, 0.29) is 0 Å². The molecule has 3 nitrogen and oxygen atoms in total. The number of nitrogens with zero attached hydrogens (tertiary/aromatic N) is 3. The van der Waals surface area contributed by atoms with Crippen LogP contribution in [0.4, 0.5) is 5.95 Å². The van der Waals surface area contributed by atoms with Gasteiger partial charge in [-0.05, 0) is 12.1 Å². The van der Waals surface area contributed by atoms with Crippen molar-refractivity contribution in [2.75, 3.05) is 0 Å². The van der Waals surface area contributed by atoms with Crippen molar-refractivity contribution in [2.24, 2.45) is 4.99 Å². The number of hydrogen-bond donors (Lipinski definition) is 0. The van der Waals surface area contributed by atoms with Gasteiger partial charge in [-0.2, -0.15) is 0 Å². The average Bonchev–Trinajstić information content (AvgIpc) is 2.56. The molecule has 2 heterocycles. The lowest BCUT2D eigenvalue weighted by atomic mass is 10.3. The summed E-state index contributed by atoms with van der Waals surface area (Å²) in [5.74, 6) is 0.840. The first kappa shape index (κ1) is 6.83. The summed E-state index contributed by atoms with van der Waals surface area (Å²) in [6, 6.07) is 8.16. The minimum absolute atomic E-state index is 0.840. The number of aromatic nitrogens is 2. The summed E-state index contributed by atoms with van der Waals surface area (Å²) in [7, 11) is 0. The maximum Gasteiger partial charge on any atom is 0.230 e. The zero-order valence-electron chi connectivity index (χ0n) is 7.14. The summed E-state index contributed by atoms with van der Waals surface area (Å²) >= 11 is 0. The van der Waals surface area contributed by atoms with E-state index in [0.29, 0.717) is 0 Å². The predicted octanol–water partition coefficient (Wildman–Crippen LogP) is 2.14. The van der Waals surface area contributed by atoms with Crippen LogP contribution in [0.2, 0.25) is 0 Å². The minimum Gasteiger partial charge on any atom is -0.308 e. The van der Waals surface area contributed by atoms with Gasteiger partial charge in [-0.15, -0.1) is 0 Å². The Bertz CT molecular complexity index is 482. The molecular weight excluding hydrogens is 162 g/mol. The van der Waals surface area contributed by atoms with Crippen LogP contribution in [0, 0.1) is 0 Å². The molecule has 1 aliphatic rings. The molecule has 0 bridgehead atoms. The van der Waals surface area contributed by atoms with Crippen molar-refractivity contribution in [3.05, 3.63) is 24.3 Å². The molecule has 0 amide bonds. The number of imidazole rings is 1. The molecule has 64 valence electrons. The highest BCUT2D eigenvalue weighted by Crippen LogP contribution is 2.23. The van der Waals surface area contributed by atoms with E-state index in [1.165, 1.54) is 5.52 Å². The number of aliphatic imine (C=N–C) groups is 1. The van der Waals surface area contributed by atoms with Gasteiger partial charge in [0.05, 0.1) is 11.0 Å². The second-order valence-electron chi connectivity index (χ2n) is 3.15. The summed E-state index contributed by atoms with van der Waals surface area (Å²) < 4.78 is 2.16. The van der Waals surface area contributed by atoms with Gasteiger partial charge >= 0.3 is 0 Å². The van der Waals surface area contributed by atoms with Gasteiger partial charge in [0.1, 0.15) is 0 Å². The van der Waals surface area contributed by atoms with Gasteiger partial charge in [0.2, 0.25) is 5.95 Å². The smallest absolute Gasteiger partial charge is 0.230 e. The number of fused-ring (bicyclic) bond motifs is 3. The van der Waals surface area contributed by atoms with Crippen molar-refractivity contribution < 1.29 is 0 Å². The third-order valence-corrected chi connectivity index (χ3v) is 2.32. The molecule has 0 atom stereocenters. The molecule has 1 aromatic carbocycles. The normalized spacial score (nSPS) is 14.8. The first-order valence-corrected chi connectivity index (χ1v) is 4.43. The Hall–Kier alpha value is -1.64. The largest absolute Gasteiger partial charge is 0.308 e. The Morgan fingerprint density at radius 2 is 2.15 bits per heavy atom. The van der Waals surface area contributed by atoms with Crippen LogP contribution in [-0.4, -0.2) is 15.8 Å². The van der Waals surface area contributed by atoms with E-state index in [1.54, 1.807) is 0 Å². The number of benzene rings is 1. The molecule has 1 aliphatic heterocycles. The van der Waals surface area contributed by atoms with Crippen molar-refractivity contribution in [1.82, 2.24) is 9.55 Å². The Labute approximate surface area is 75.7 Å². The van der Waals surface area contributed by atoms with E-state index < -0.39 is 0 Å². The first-order chi connectivity index (χ1) is 6.45. The van der Waals surface area contributed by atoms with E-state index in [0.717, 1.165) is 24.4 Å². The summed E-state index contributed by atoms with van der Waals surface area (Å²) in [5, 5.41) is 0. The quantitative estimate of drug-likeness (QED) is 0.597. The van der Waals surface area contributed by atoms with Gasteiger partial charge in [0, 0.05) is 19.2 Å². The second-order valence-corrected chi connectivity index (χ2v) is 3.15. The fraction of sp³-hybridized carbons (Fsp3) is 0.200. The van der Waals surface area contributed by atoms with Crippen LogP contribution in [0.3, 0.4) is 0 Å². The molecule has 0 spiro atoms. The van der Waals surface area contributed by atoms with Crippen LogP contribution in [0.1, 0.15) is 6.42 Å². The highest BCUT2D eigenvalue weighted by molar-refractivity contribution is 5.79. The Morgan fingerprint density at radius 1 is 1.23 bits per heavy atom. The fourth-order valence-electron chi connectivity index (χ4n) is 1.71. The van der Waals surface area contributed by atoms with Crippen LogP contribution >= 0.6 is 0 Å². The predicted molar refractivity (Wildman–Crippen MR) is 52.5 cm³/mol. The van der Waals surface area contributed by atoms with Crippen molar-refractivity contribution >= 4 is 23.2 Å². The van der Waals surface area contributed by atoms with Crippen molar-refractivity contribution in [2.45, 2.75) is 13.0 Å². The molecule has 1 aromatic heterocycles. The van der Waals surface area contributed by atoms with Gasteiger partial charge in [-0.25, -0.2) is 9.98 Å². The van der Waals surface area contributed by atoms with Crippen molar-refractivity contribution in [3.63, 3.8) is 0 Å². The van der Waals surface area contributed by atoms with E-state index in [9.17, 15) is 0 Å². The molecule has 3 rings (SSSR count). The van der Waals surface area contributed by atoms with Crippen LogP contribution in [0.25, 0.3) is 11.0 Å². The highest BCUT2D eigenvalue weighted by Gasteiger charge is 2.10. The van der Waals surface area contributed by atoms with Crippen LogP contribution in [-0.2, 0) is 6.54 Å². The number of hydrogen-bond acceptors (Lipinski definition) is 2. The number of rotatable bonds is 0.